The van der Waals surface area contributed by atoms with Gasteiger partial charge in [0.2, 0.25) is 5.91 Å². The van der Waals surface area contributed by atoms with Gasteiger partial charge < -0.3 is 10.0 Å². The Hall–Kier alpha value is -1.59. The first-order chi connectivity index (χ1) is 8.49. The number of nitrogens with one attached hydrogen (secondary N) is 1. The smallest absolute Gasteiger partial charge is 0.324 e. The summed E-state index contributed by atoms with van der Waals surface area (Å²) in [5.41, 5.74) is 0. The van der Waals surface area contributed by atoms with Crippen molar-refractivity contribution in [3.8, 4) is 0 Å². The Morgan fingerprint density at radius 3 is 2.67 bits per heavy atom. The van der Waals surface area contributed by atoms with E-state index in [-0.39, 0.29) is 25.3 Å². The summed E-state index contributed by atoms with van der Waals surface area (Å²) >= 11 is 0. The normalized spacial score (nSPS) is 19.4. The molecule has 102 valence electrons. The molecule has 3 amide bonds. The highest BCUT2D eigenvalue weighted by Gasteiger charge is 2.21. The van der Waals surface area contributed by atoms with Crippen LogP contribution < -0.4 is 5.32 Å². The third-order valence-electron chi connectivity index (χ3n) is 2.99. The van der Waals surface area contributed by atoms with E-state index in [0.29, 0.717) is 19.0 Å². The Labute approximate surface area is 106 Å². The maximum Gasteiger partial charge on any atom is 0.324 e. The van der Waals surface area contributed by atoms with Gasteiger partial charge in [0.05, 0.1) is 0 Å². The minimum absolute atomic E-state index is 0.0532. The van der Waals surface area contributed by atoms with Gasteiger partial charge in [0.15, 0.2) is 0 Å². The number of urea groups is 1. The number of hydrogen-bond acceptors (Lipinski definition) is 3. The summed E-state index contributed by atoms with van der Waals surface area (Å²) in [4.78, 5) is 35.1. The van der Waals surface area contributed by atoms with Gasteiger partial charge in [0, 0.05) is 25.9 Å². The van der Waals surface area contributed by atoms with Crippen molar-refractivity contribution in [3.63, 3.8) is 0 Å². The Bertz CT molecular complexity index is 330. The molecule has 0 aromatic heterocycles. The molecule has 1 saturated heterocycles. The third kappa shape index (κ3) is 5.16. The number of carboxylic acids is 1. The van der Waals surface area contributed by atoms with Crippen molar-refractivity contribution in [2.75, 3.05) is 13.1 Å². The fourth-order valence-electron chi connectivity index (χ4n) is 2.03. The average molecular weight is 256 g/mol. The maximum atomic E-state index is 11.7. The van der Waals surface area contributed by atoms with Crippen molar-refractivity contribution in [2.24, 2.45) is 5.92 Å². The molecule has 1 rings (SSSR count). The van der Waals surface area contributed by atoms with Crippen LogP contribution >= 0.6 is 0 Å². The molecular formula is C12H20N2O4. The molecule has 2 N–H and O–H groups in total. The molecule has 1 atom stereocenters. The summed E-state index contributed by atoms with van der Waals surface area (Å²) in [7, 11) is 0. The molecule has 1 unspecified atom stereocenters. The van der Waals surface area contributed by atoms with Crippen LogP contribution in [0.25, 0.3) is 0 Å². The summed E-state index contributed by atoms with van der Waals surface area (Å²) in [5.74, 6) is -0.870. The number of aliphatic carboxylic acids is 1. The Balaban J connectivity index is 2.26. The second-order valence-corrected chi connectivity index (χ2v) is 4.79. The topological polar surface area (TPSA) is 86.7 Å². The number of rotatable bonds is 4. The Morgan fingerprint density at radius 1 is 1.33 bits per heavy atom. The molecule has 0 aromatic carbocycles. The van der Waals surface area contributed by atoms with E-state index in [1.54, 1.807) is 4.90 Å². The molecule has 0 radical (unpaired) electrons. The molecule has 6 heteroatoms. The molecule has 0 aromatic rings. The second kappa shape index (κ2) is 6.98. The standard InChI is InChI=1S/C12H20N2O4/c1-9-4-3-7-14(8-9)12(18)13-10(15)5-2-6-11(16)17/h9H,2-8H2,1H3,(H,16,17)(H,13,15,18). The van der Waals surface area contributed by atoms with Crippen molar-refractivity contribution in [3.05, 3.63) is 0 Å². The summed E-state index contributed by atoms with van der Waals surface area (Å²) in [6.45, 7) is 3.43. The molecule has 0 aliphatic carbocycles. The van der Waals surface area contributed by atoms with Crippen LogP contribution in [0, 0.1) is 5.92 Å². The van der Waals surface area contributed by atoms with Crippen molar-refractivity contribution >= 4 is 17.9 Å². The van der Waals surface area contributed by atoms with Crippen LogP contribution in [-0.2, 0) is 9.59 Å². The van der Waals surface area contributed by atoms with E-state index in [9.17, 15) is 14.4 Å². The molecule has 1 fully saturated rings. The molecule has 1 heterocycles. The number of likely N-dealkylation sites (tertiary alicyclic amines) is 1. The number of nitrogens with zero attached hydrogens (tertiary/aromatic N) is 1. The van der Waals surface area contributed by atoms with Gasteiger partial charge in [0.25, 0.3) is 0 Å². The first kappa shape index (κ1) is 14.5. The number of amides is 3. The predicted molar refractivity (Wildman–Crippen MR) is 65.0 cm³/mol. The molecule has 0 bridgehead atoms. The van der Waals surface area contributed by atoms with Crippen LogP contribution in [0.2, 0.25) is 0 Å². The number of hydrogen-bond donors (Lipinski definition) is 2. The number of carbonyl (C=O) groups excluding carboxylic acids is 2. The zero-order chi connectivity index (χ0) is 13.5. The lowest BCUT2D eigenvalue weighted by Crippen LogP contribution is -2.46. The van der Waals surface area contributed by atoms with Gasteiger partial charge in [-0.2, -0.15) is 0 Å². The van der Waals surface area contributed by atoms with Gasteiger partial charge in [-0.05, 0) is 25.2 Å². The van der Waals surface area contributed by atoms with Gasteiger partial charge in [-0.1, -0.05) is 6.92 Å². The minimum Gasteiger partial charge on any atom is -0.481 e. The van der Waals surface area contributed by atoms with Gasteiger partial charge in [-0.15, -0.1) is 0 Å². The number of piperidine rings is 1. The Kier molecular flexibility index (Phi) is 5.61. The van der Waals surface area contributed by atoms with Crippen LogP contribution in [0.1, 0.15) is 39.0 Å². The van der Waals surface area contributed by atoms with E-state index in [0.717, 1.165) is 12.8 Å². The highest BCUT2D eigenvalue weighted by molar-refractivity contribution is 5.94. The largest absolute Gasteiger partial charge is 0.481 e. The molecule has 18 heavy (non-hydrogen) atoms. The first-order valence-corrected chi connectivity index (χ1v) is 6.29. The average Bonchev–Trinajstić information content (AvgIpc) is 2.28. The highest BCUT2D eigenvalue weighted by atomic mass is 16.4. The first-order valence-electron chi connectivity index (χ1n) is 6.29. The van der Waals surface area contributed by atoms with Crippen molar-refractivity contribution in [1.82, 2.24) is 10.2 Å². The summed E-state index contributed by atoms with van der Waals surface area (Å²) < 4.78 is 0. The zero-order valence-electron chi connectivity index (χ0n) is 10.6. The van der Waals surface area contributed by atoms with Crippen molar-refractivity contribution < 1.29 is 19.5 Å². The Morgan fingerprint density at radius 2 is 2.06 bits per heavy atom. The van der Waals surface area contributed by atoms with E-state index >= 15 is 0 Å². The van der Waals surface area contributed by atoms with E-state index in [2.05, 4.69) is 12.2 Å². The summed E-state index contributed by atoms with van der Waals surface area (Å²) in [6.07, 6.45) is 2.34. The quantitative estimate of drug-likeness (QED) is 0.791. The van der Waals surface area contributed by atoms with Crippen LogP contribution in [-0.4, -0.2) is 41.0 Å². The van der Waals surface area contributed by atoms with Gasteiger partial charge in [-0.25, -0.2) is 4.79 Å². The summed E-state index contributed by atoms with van der Waals surface area (Å²) in [5, 5.41) is 10.7. The van der Waals surface area contributed by atoms with Crippen LogP contribution in [0.3, 0.4) is 0 Å². The molecule has 6 nitrogen and oxygen atoms in total. The van der Waals surface area contributed by atoms with Gasteiger partial charge in [-0.3, -0.25) is 14.9 Å². The predicted octanol–water partition coefficient (Wildman–Crippen LogP) is 1.21. The molecular weight excluding hydrogens is 236 g/mol. The van der Waals surface area contributed by atoms with Crippen molar-refractivity contribution in [1.29, 1.82) is 0 Å². The minimum atomic E-state index is -0.931. The van der Waals surface area contributed by atoms with Gasteiger partial charge in [0.1, 0.15) is 0 Å². The van der Waals surface area contributed by atoms with Gasteiger partial charge >= 0.3 is 12.0 Å². The molecule has 0 spiro atoms. The summed E-state index contributed by atoms with van der Waals surface area (Å²) in [6, 6.07) is -0.359. The van der Waals surface area contributed by atoms with Crippen LogP contribution in [0.4, 0.5) is 4.79 Å². The number of carboxylic acid groups (broad SMARTS) is 1. The highest BCUT2D eigenvalue weighted by Crippen LogP contribution is 2.15. The zero-order valence-corrected chi connectivity index (χ0v) is 10.6. The number of imide groups is 1. The van der Waals surface area contributed by atoms with E-state index in [1.165, 1.54) is 0 Å². The lowest BCUT2D eigenvalue weighted by molar-refractivity contribution is -0.137. The van der Waals surface area contributed by atoms with Crippen LogP contribution in [0.15, 0.2) is 0 Å². The third-order valence-corrected chi connectivity index (χ3v) is 2.99. The monoisotopic (exact) mass is 256 g/mol. The fourth-order valence-corrected chi connectivity index (χ4v) is 2.03. The molecule has 0 saturated carbocycles. The van der Waals surface area contributed by atoms with E-state index in [1.807, 2.05) is 0 Å². The van der Waals surface area contributed by atoms with Crippen LogP contribution in [0.5, 0.6) is 0 Å². The SMILES string of the molecule is CC1CCCN(C(=O)NC(=O)CCCC(=O)O)C1. The number of carbonyl (C=O) groups is 3. The lowest BCUT2D eigenvalue weighted by Gasteiger charge is -2.30. The van der Waals surface area contributed by atoms with E-state index in [4.69, 9.17) is 5.11 Å². The fraction of sp³-hybridized carbons (Fsp3) is 0.750. The molecule has 1 aliphatic heterocycles. The second-order valence-electron chi connectivity index (χ2n) is 4.79. The maximum absolute atomic E-state index is 11.7. The molecule has 1 aliphatic rings. The lowest BCUT2D eigenvalue weighted by atomic mass is 10.0. The van der Waals surface area contributed by atoms with E-state index < -0.39 is 11.9 Å². The van der Waals surface area contributed by atoms with Crippen molar-refractivity contribution in [2.45, 2.75) is 39.0 Å².